The number of ether oxygens (including phenoxy) is 1. The van der Waals surface area contributed by atoms with Gasteiger partial charge in [-0.3, -0.25) is 9.72 Å². The van der Waals surface area contributed by atoms with Gasteiger partial charge in [0.25, 0.3) is 0 Å². The summed E-state index contributed by atoms with van der Waals surface area (Å²) in [5.41, 5.74) is 3.42. The van der Waals surface area contributed by atoms with Gasteiger partial charge in [-0.05, 0) is 26.0 Å². The Kier molecular flexibility index (Phi) is 4.21. The van der Waals surface area contributed by atoms with Gasteiger partial charge < -0.3 is 4.74 Å². The molecule has 23 heavy (non-hydrogen) atoms. The number of rotatable bonds is 3. The third-order valence-electron chi connectivity index (χ3n) is 3.40. The van der Waals surface area contributed by atoms with Gasteiger partial charge in [-0.1, -0.05) is 41.4 Å². The molecule has 0 saturated heterocycles. The number of aryl methyl sites for hydroxylation is 1. The average Bonchev–Trinajstić information content (AvgIpc) is 2.86. The lowest BCUT2D eigenvalue weighted by Gasteiger charge is -2.08. The molecule has 0 aliphatic carbocycles. The monoisotopic (exact) mass is 329 g/mol. The first kappa shape index (κ1) is 15.4. The molecule has 5 nitrogen and oxygen atoms in total. The number of halogens is 1. The molecule has 0 aliphatic rings. The molecule has 6 heteroatoms. The van der Waals surface area contributed by atoms with Crippen LogP contribution in [-0.4, -0.2) is 22.1 Å². The van der Waals surface area contributed by atoms with Crippen LogP contribution in [0.15, 0.2) is 42.6 Å². The molecule has 0 aliphatic heterocycles. The van der Waals surface area contributed by atoms with Crippen molar-refractivity contribution in [3.63, 3.8) is 0 Å². The molecule has 3 rings (SSSR count). The summed E-state index contributed by atoms with van der Waals surface area (Å²) in [6.45, 7) is 4.07. The molecule has 1 aromatic carbocycles. The highest BCUT2D eigenvalue weighted by Crippen LogP contribution is 2.30. The van der Waals surface area contributed by atoms with Crippen LogP contribution in [0.3, 0.4) is 0 Å². The lowest BCUT2D eigenvalue weighted by Crippen LogP contribution is -2.15. The summed E-state index contributed by atoms with van der Waals surface area (Å²) < 4.78 is 6.72. The Morgan fingerprint density at radius 1 is 1.26 bits per heavy atom. The van der Waals surface area contributed by atoms with E-state index in [1.165, 1.54) is 0 Å². The van der Waals surface area contributed by atoms with E-state index in [0.29, 0.717) is 28.8 Å². The van der Waals surface area contributed by atoms with E-state index in [1.807, 2.05) is 31.2 Å². The van der Waals surface area contributed by atoms with E-state index in [9.17, 15) is 4.79 Å². The number of aromatic nitrogens is 2. The minimum atomic E-state index is -0.525. The highest BCUT2D eigenvalue weighted by molar-refractivity contribution is 6.30. The van der Waals surface area contributed by atoms with E-state index in [1.54, 1.807) is 29.7 Å². The van der Waals surface area contributed by atoms with Crippen molar-refractivity contribution in [2.45, 2.75) is 13.8 Å². The van der Waals surface area contributed by atoms with E-state index >= 15 is 0 Å². The molecule has 0 radical (unpaired) electrons. The molecule has 0 saturated carbocycles. The first-order chi connectivity index (χ1) is 11.1. The Bertz CT molecular complexity index is 856. The van der Waals surface area contributed by atoms with E-state index in [2.05, 4.69) is 10.3 Å². The molecular weight excluding hydrogens is 314 g/mol. The van der Waals surface area contributed by atoms with Crippen LogP contribution >= 0.6 is 11.6 Å². The normalized spacial score (nSPS) is 10.7. The van der Waals surface area contributed by atoms with E-state index in [0.717, 1.165) is 11.1 Å². The SMILES string of the molecule is CCOC(=O)Nc1c(-c2ccc(C)cc2)nc2ccc(Cl)cn12. The van der Waals surface area contributed by atoms with Gasteiger partial charge in [0.2, 0.25) is 0 Å². The zero-order valence-electron chi connectivity index (χ0n) is 12.8. The van der Waals surface area contributed by atoms with Crippen LogP contribution in [0.4, 0.5) is 10.6 Å². The number of hydrogen-bond acceptors (Lipinski definition) is 3. The second kappa shape index (κ2) is 6.30. The van der Waals surface area contributed by atoms with Gasteiger partial charge in [-0.15, -0.1) is 0 Å². The zero-order valence-corrected chi connectivity index (χ0v) is 13.6. The van der Waals surface area contributed by atoms with Crippen molar-refractivity contribution < 1.29 is 9.53 Å². The molecule has 1 N–H and O–H groups in total. The quantitative estimate of drug-likeness (QED) is 0.768. The predicted molar refractivity (Wildman–Crippen MR) is 91.0 cm³/mol. The fourth-order valence-corrected chi connectivity index (χ4v) is 2.48. The highest BCUT2D eigenvalue weighted by Gasteiger charge is 2.17. The molecule has 3 aromatic rings. The molecule has 118 valence electrons. The minimum absolute atomic E-state index is 0.295. The number of imidazole rings is 1. The summed E-state index contributed by atoms with van der Waals surface area (Å²) in [6.07, 6.45) is 1.19. The average molecular weight is 330 g/mol. The maximum absolute atomic E-state index is 11.9. The molecule has 0 atom stereocenters. The molecule has 0 fully saturated rings. The number of anilines is 1. The number of pyridine rings is 1. The third-order valence-corrected chi connectivity index (χ3v) is 3.63. The highest BCUT2D eigenvalue weighted by atomic mass is 35.5. The summed E-state index contributed by atoms with van der Waals surface area (Å²) in [5.74, 6) is 0.532. The van der Waals surface area contributed by atoms with E-state index in [-0.39, 0.29) is 0 Å². The lowest BCUT2D eigenvalue weighted by atomic mass is 10.1. The summed E-state index contributed by atoms with van der Waals surface area (Å²) >= 11 is 6.07. The van der Waals surface area contributed by atoms with Gasteiger partial charge in [-0.25, -0.2) is 9.78 Å². The van der Waals surface area contributed by atoms with Crippen LogP contribution in [-0.2, 0) is 4.74 Å². The number of nitrogens with one attached hydrogen (secondary N) is 1. The number of fused-ring (bicyclic) bond motifs is 1. The maximum atomic E-state index is 11.9. The molecule has 0 unspecified atom stereocenters. The van der Waals surface area contributed by atoms with Crippen molar-refractivity contribution in [2.75, 3.05) is 11.9 Å². The van der Waals surface area contributed by atoms with Crippen molar-refractivity contribution in [1.82, 2.24) is 9.38 Å². The summed E-state index contributed by atoms with van der Waals surface area (Å²) in [7, 11) is 0. The van der Waals surface area contributed by atoms with Crippen LogP contribution in [0.2, 0.25) is 5.02 Å². The first-order valence-electron chi connectivity index (χ1n) is 7.27. The topological polar surface area (TPSA) is 55.6 Å². The zero-order chi connectivity index (χ0) is 16.4. The third kappa shape index (κ3) is 3.14. The molecule has 2 aromatic heterocycles. The second-order valence-corrected chi connectivity index (χ2v) is 5.53. The van der Waals surface area contributed by atoms with Gasteiger partial charge in [0.15, 0.2) is 0 Å². The van der Waals surface area contributed by atoms with Crippen molar-refractivity contribution >= 4 is 29.2 Å². The van der Waals surface area contributed by atoms with Crippen LogP contribution in [0.1, 0.15) is 12.5 Å². The standard InChI is InChI=1S/C17H16ClN3O2/c1-3-23-17(22)20-16-15(12-6-4-11(2)5-7-12)19-14-9-8-13(18)10-21(14)16/h4-10H,3H2,1-2H3,(H,20,22). The smallest absolute Gasteiger partial charge is 0.412 e. The van der Waals surface area contributed by atoms with Crippen molar-refractivity contribution in [3.8, 4) is 11.3 Å². The van der Waals surface area contributed by atoms with Crippen LogP contribution in [0.25, 0.3) is 16.9 Å². The van der Waals surface area contributed by atoms with Gasteiger partial charge in [0.1, 0.15) is 17.2 Å². The Labute approximate surface area is 138 Å². The first-order valence-corrected chi connectivity index (χ1v) is 7.64. The Balaban J connectivity index is 2.15. The van der Waals surface area contributed by atoms with Gasteiger partial charge in [-0.2, -0.15) is 0 Å². The Morgan fingerprint density at radius 2 is 2.00 bits per heavy atom. The molecule has 2 heterocycles. The molecule has 0 bridgehead atoms. The Hall–Kier alpha value is -2.53. The second-order valence-electron chi connectivity index (χ2n) is 5.10. The van der Waals surface area contributed by atoms with Crippen LogP contribution in [0.5, 0.6) is 0 Å². The van der Waals surface area contributed by atoms with Crippen LogP contribution < -0.4 is 5.32 Å². The number of benzene rings is 1. The number of nitrogens with zero attached hydrogens (tertiary/aromatic N) is 2. The van der Waals surface area contributed by atoms with E-state index < -0.39 is 6.09 Å². The fourth-order valence-electron chi connectivity index (χ4n) is 2.31. The fraction of sp³-hybridized carbons (Fsp3) is 0.176. The van der Waals surface area contributed by atoms with Crippen molar-refractivity contribution in [1.29, 1.82) is 0 Å². The summed E-state index contributed by atoms with van der Waals surface area (Å²) in [4.78, 5) is 16.5. The maximum Gasteiger partial charge on any atom is 0.412 e. The van der Waals surface area contributed by atoms with E-state index in [4.69, 9.17) is 16.3 Å². The van der Waals surface area contributed by atoms with Crippen molar-refractivity contribution in [2.24, 2.45) is 0 Å². The molecule has 1 amide bonds. The summed E-state index contributed by atoms with van der Waals surface area (Å²) in [6, 6.07) is 11.5. The number of carbonyl (C=O) groups is 1. The number of carbonyl (C=O) groups excluding carboxylic acids is 1. The number of amides is 1. The van der Waals surface area contributed by atoms with Gasteiger partial charge in [0.05, 0.1) is 11.6 Å². The van der Waals surface area contributed by atoms with Gasteiger partial charge in [0, 0.05) is 11.8 Å². The molecular formula is C17H16ClN3O2. The van der Waals surface area contributed by atoms with Gasteiger partial charge >= 0.3 is 6.09 Å². The minimum Gasteiger partial charge on any atom is -0.450 e. The van der Waals surface area contributed by atoms with Crippen molar-refractivity contribution in [3.05, 3.63) is 53.2 Å². The summed E-state index contributed by atoms with van der Waals surface area (Å²) in [5, 5.41) is 3.31. The predicted octanol–water partition coefficient (Wildman–Crippen LogP) is 4.53. The molecule has 0 spiro atoms. The largest absolute Gasteiger partial charge is 0.450 e. The van der Waals surface area contributed by atoms with Crippen LogP contribution in [0, 0.1) is 6.92 Å². The Morgan fingerprint density at radius 3 is 2.70 bits per heavy atom. The lowest BCUT2D eigenvalue weighted by molar-refractivity contribution is 0.168. The number of hydrogen-bond donors (Lipinski definition) is 1.